The number of hydrogen-bond acceptors (Lipinski definition) is 2. The molecule has 2 aromatic rings. The van der Waals surface area contributed by atoms with Crippen LogP contribution < -0.4 is 9.47 Å². The standard InChI is InChI=1S/C17H15F3O2/c1-11-8-9-15-14(11)6-3-7-16(15)21-12-4-2-5-13(10-12)22-17(18,19)20/h2-7,10-11H,8-9H2,1H3/t11-/m1/s1. The van der Waals surface area contributed by atoms with Gasteiger partial charge in [-0.15, -0.1) is 13.2 Å². The maximum atomic E-state index is 12.3. The zero-order chi connectivity index (χ0) is 15.7. The molecule has 5 heteroatoms. The normalized spacial score (nSPS) is 17.2. The Balaban J connectivity index is 1.84. The number of halogens is 3. The highest BCUT2D eigenvalue weighted by molar-refractivity contribution is 5.47. The third-order valence-electron chi connectivity index (χ3n) is 3.79. The van der Waals surface area contributed by atoms with Gasteiger partial charge in [-0.3, -0.25) is 0 Å². The van der Waals surface area contributed by atoms with Gasteiger partial charge in [0.05, 0.1) is 0 Å². The quantitative estimate of drug-likeness (QED) is 0.753. The van der Waals surface area contributed by atoms with Crippen LogP contribution in [0.1, 0.15) is 30.4 Å². The Labute approximate surface area is 126 Å². The molecule has 1 atom stereocenters. The van der Waals surface area contributed by atoms with Crippen LogP contribution in [0, 0.1) is 0 Å². The van der Waals surface area contributed by atoms with E-state index in [1.807, 2.05) is 12.1 Å². The van der Waals surface area contributed by atoms with Crippen molar-refractivity contribution < 1.29 is 22.6 Å². The van der Waals surface area contributed by atoms with E-state index in [0.29, 0.717) is 17.4 Å². The molecule has 22 heavy (non-hydrogen) atoms. The molecule has 0 fully saturated rings. The minimum Gasteiger partial charge on any atom is -0.457 e. The van der Waals surface area contributed by atoms with Crippen molar-refractivity contribution in [3.05, 3.63) is 53.6 Å². The summed E-state index contributed by atoms with van der Waals surface area (Å²) in [5.74, 6) is 1.23. The van der Waals surface area contributed by atoms with E-state index in [1.165, 1.54) is 23.8 Å². The molecule has 0 N–H and O–H groups in total. The molecule has 0 saturated carbocycles. The van der Waals surface area contributed by atoms with Gasteiger partial charge in [0.2, 0.25) is 0 Å². The first kappa shape index (κ1) is 14.8. The van der Waals surface area contributed by atoms with Gasteiger partial charge in [-0.2, -0.15) is 0 Å². The molecular formula is C17H15F3O2. The lowest BCUT2D eigenvalue weighted by Crippen LogP contribution is -2.17. The zero-order valence-corrected chi connectivity index (χ0v) is 12.0. The highest BCUT2D eigenvalue weighted by Crippen LogP contribution is 2.40. The number of benzene rings is 2. The molecule has 0 unspecified atom stereocenters. The van der Waals surface area contributed by atoms with Crippen LogP contribution in [0.15, 0.2) is 42.5 Å². The summed E-state index contributed by atoms with van der Waals surface area (Å²) < 4.78 is 46.5. The van der Waals surface area contributed by atoms with Crippen molar-refractivity contribution in [1.82, 2.24) is 0 Å². The number of ether oxygens (including phenoxy) is 2. The minimum absolute atomic E-state index is 0.286. The second kappa shape index (κ2) is 5.55. The van der Waals surface area contributed by atoms with E-state index in [1.54, 1.807) is 6.07 Å². The Bertz CT molecular complexity index is 680. The maximum absolute atomic E-state index is 12.3. The van der Waals surface area contributed by atoms with Crippen LogP contribution in [0.3, 0.4) is 0 Å². The largest absolute Gasteiger partial charge is 0.573 e. The fourth-order valence-electron chi connectivity index (χ4n) is 2.79. The molecule has 0 spiro atoms. The molecule has 116 valence electrons. The van der Waals surface area contributed by atoms with Crippen LogP contribution in [-0.2, 0) is 6.42 Å². The van der Waals surface area contributed by atoms with Crippen LogP contribution in [0.25, 0.3) is 0 Å². The van der Waals surface area contributed by atoms with Crippen LogP contribution in [-0.4, -0.2) is 6.36 Å². The van der Waals surface area contributed by atoms with Gasteiger partial charge in [0.1, 0.15) is 17.2 Å². The molecule has 2 nitrogen and oxygen atoms in total. The first-order valence-electron chi connectivity index (χ1n) is 7.08. The van der Waals surface area contributed by atoms with E-state index < -0.39 is 6.36 Å². The molecule has 0 saturated heterocycles. The van der Waals surface area contributed by atoms with E-state index >= 15 is 0 Å². The van der Waals surface area contributed by atoms with Gasteiger partial charge >= 0.3 is 6.36 Å². The number of alkyl halides is 3. The SMILES string of the molecule is C[C@@H]1CCc2c(Oc3cccc(OC(F)(F)F)c3)cccc21. The molecule has 0 radical (unpaired) electrons. The number of fused-ring (bicyclic) bond motifs is 1. The number of rotatable bonds is 3. The van der Waals surface area contributed by atoms with Gasteiger partial charge in [-0.05, 0) is 48.1 Å². The van der Waals surface area contributed by atoms with Gasteiger partial charge in [0, 0.05) is 6.07 Å². The van der Waals surface area contributed by atoms with E-state index in [9.17, 15) is 13.2 Å². The predicted molar refractivity (Wildman–Crippen MR) is 76.4 cm³/mol. The molecule has 0 aliphatic heterocycles. The predicted octanol–water partition coefficient (Wildman–Crippen LogP) is 5.43. The third kappa shape index (κ3) is 3.18. The van der Waals surface area contributed by atoms with E-state index in [2.05, 4.69) is 17.7 Å². The molecule has 1 aliphatic carbocycles. The van der Waals surface area contributed by atoms with Crippen molar-refractivity contribution in [2.24, 2.45) is 0 Å². The van der Waals surface area contributed by atoms with Gasteiger partial charge in [0.25, 0.3) is 0 Å². The lowest BCUT2D eigenvalue weighted by Gasteiger charge is -2.13. The van der Waals surface area contributed by atoms with Gasteiger partial charge < -0.3 is 9.47 Å². The Morgan fingerprint density at radius 1 is 1.05 bits per heavy atom. The van der Waals surface area contributed by atoms with Crippen molar-refractivity contribution in [3.63, 3.8) is 0 Å². The average molecular weight is 308 g/mol. The fourth-order valence-corrected chi connectivity index (χ4v) is 2.79. The second-order valence-electron chi connectivity index (χ2n) is 5.39. The Hall–Kier alpha value is -2.17. The van der Waals surface area contributed by atoms with Crippen LogP contribution in [0.2, 0.25) is 0 Å². The second-order valence-corrected chi connectivity index (χ2v) is 5.39. The summed E-state index contributed by atoms with van der Waals surface area (Å²) in [7, 11) is 0. The van der Waals surface area contributed by atoms with Gasteiger partial charge in [-0.1, -0.05) is 25.1 Å². The summed E-state index contributed by atoms with van der Waals surface area (Å²) in [5, 5.41) is 0. The first-order valence-corrected chi connectivity index (χ1v) is 7.08. The van der Waals surface area contributed by atoms with E-state index in [0.717, 1.165) is 18.4 Å². The van der Waals surface area contributed by atoms with Crippen LogP contribution in [0.4, 0.5) is 13.2 Å². The topological polar surface area (TPSA) is 18.5 Å². The Kier molecular flexibility index (Phi) is 3.72. The lowest BCUT2D eigenvalue weighted by atomic mass is 10.0. The van der Waals surface area contributed by atoms with E-state index in [4.69, 9.17) is 4.74 Å². The summed E-state index contributed by atoms with van der Waals surface area (Å²) in [6.07, 6.45) is -2.72. The molecule has 0 amide bonds. The molecule has 1 aliphatic rings. The van der Waals surface area contributed by atoms with Gasteiger partial charge in [-0.25, -0.2) is 0 Å². The monoisotopic (exact) mass is 308 g/mol. The van der Waals surface area contributed by atoms with Crippen LogP contribution >= 0.6 is 0 Å². The van der Waals surface area contributed by atoms with Crippen molar-refractivity contribution in [2.45, 2.75) is 32.0 Å². The highest BCUT2D eigenvalue weighted by Gasteiger charge is 2.31. The Morgan fingerprint density at radius 2 is 1.77 bits per heavy atom. The summed E-state index contributed by atoms with van der Waals surface area (Å²) in [5.41, 5.74) is 2.39. The summed E-state index contributed by atoms with van der Waals surface area (Å²) in [6, 6.07) is 11.4. The summed E-state index contributed by atoms with van der Waals surface area (Å²) in [4.78, 5) is 0. The molecule has 0 heterocycles. The van der Waals surface area contributed by atoms with Crippen molar-refractivity contribution in [3.8, 4) is 17.2 Å². The van der Waals surface area contributed by atoms with Crippen LogP contribution in [0.5, 0.6) is 17.2 Å². The lowest BCUT2D eigenvalue weighted by molar-refractivity contribution is -0.274. The first-order chi connectivity index (χ1) is 10.4. The van der Waals surface area contributed by atoms with Gasteiger partial charge in [0.15, 0.2) is 0 Å². The molecular weight excluding hydrogens is 293 g/mol. The third-order valence-corrected chi connectivity index (χ3v) is 3.79. The maximum Gasteiger partial charge on any atom is 0.573 e. The molecule has 2 aromatic carbocycles. The zero-order valence-electron chi connectivity index (χ0n) is 12.0. The Morgan fingerprint density at radius 3 is 2.55 bits per heavy atom. The van der Waals surface area contributed by atoms with E-state index in [-0.39, 0.29) is 5.75 Å². The fraction of sp³-hybridized carbons (Fsp3) is 0.294. The number of hydrogen-bond donors (Lipinski definition) is 0. The highest BCUT2D eigenvalue weighted by atomic mass is 19.4. The summed E-state index contributed by atoms with van der Waals surface area (Å²) in [6.45, 7) is 2.16. The summed E-state index contributed by atoms with van der Waals surface area (Å²) >= 11 is 0. The van der Waals surface area contributed by atoms with Crippen molar-refractivity contribution in [2.75, 3.05) is 0 Å². The van der Waals surface area contributed by atoms with Crippen molar-refractivity contribution >= 4 is 0 Å². The van der Waals surface area contributed by atoms with Crippen molar-refractivity contribution in [1.29, 1.82) is 0 Å². The average Bonchev–Trinajstić information content (AvgIpc) is 2.80. The smallest absolute Gasteiger partial charge is 0.457 e. The molecule has 3 rings (SSSR count). The minimum atomic E-state index is -4.71. The molecule has 0 aromatic heterocycles. The molecule has 0 bridgehead atoms.